The van der Waals surface area contributed by atoms with E-state index in [4.69, 9.17) is 23.2 Å². The van der Waals surface area contributed by atoms with Crippen LogP contribution in [-0.2, 0) is 5.66 Å². The fraction of sp³-hybridized carbons (Fsp3) is 0.240. The first-order chi connectivity index (χ1) is 14.6. The number of fused-ring (bicyclic) bond motifs is 1. The highest BCUT2D eigenvalue weighted by Gasteiger charge is 2.54. The Morgan fingerprint density at radius 3 is 2.07 bits per heavy atom. The van der Waals surface area contributed by atoms with Crippen LogP contribution in [0, 0.1) is 6.92 Å². The van der Waals surface area contributed by atoms with Gasteiger partial charge in [0.25, 0.3) is 5.91 Å². The minimum Gasteiger partial charge on any atom is -0.281 e. The van der Waals surface area contributed by atoms with Gasteiger partial charge in [-0.3, -0.25) is 14.6 Å². The molecule has 0 N–H and O–H groups in total. The number of amides is 1. The summed E-state index contributed by atoms with van der Waals surface area (Å²) < 4.78 is 0. The summed E-state index contributed by atoms with van der Waals surface area (Å²) in [5.74, 6) is 0.847. The molecule has 3 nitrogen and oxygen atoms in total. The van der Waals surface area contributed by atoms with Crippen molar-refractivity contribution in [2.75, 3.05) is 29.7 Å². The van der Waals surface area contributed by atoms with Crippen LogP contribution >= 0.6 is 23.2 Å². The van der Waals surface area contributed by atoms with Crippen molar-refractivity contribution < 1.29 is 4.79 Å². The first kappa shape index (κ1) is 20.9. The molecule has 0 saturated carbocycles. The molecule has 3 aromatic carbocycles. The minimum absolute atomic E-state index is 0.0209. The van der Waals surface area contributed by atoms with Gasteiger partial charge >= 0.3 is 0 Å². The molecule has 1 atom stereocenters. The number of aryl methyl sites for hydroxylation is 1. The van der Waals surface area contributed by atoms with Crippen molar-refractivity contribution in [3.05, 3.63) is 101 Å². The topological polar surface area (TPSA) is 23.6 Å². The van der Waals surface area contributed by atoms with E-state index in [-0.39, 0.29) is 5.91 Å². The van der Waals surface area contributed by atoms with Gasteiger partial charge in [0, 0.05) is 41.7 Å². The lowest BCUT2D eigenvalue weighted by atomic mass is 9.88. The van der Waals surface area contributed by atoms with Crippen molar-refractivity contribution >= 4 is 34.8 Å². The van der Waals surface area contributed by atoms with E-state index in [0.29, 0.717) is 30.4 Å². The van der Waals surface area contributed by atoms with E-state index in [0.717, 1.165) is 22.4 Å². The van der Waals surface area contributed by atoms with E-state index in [2.05, 4.69) is 17.0 Å². The molecule has 1 aliphatic heterocycles. The quantitative estimate of drug-likeness (QED) is 0.445. The fourth-order valence-corrected chi connectivity index (χ4v) is 4.86. The molecule has 4 rings (SSSR count). The Morgan fingerprint density at radius 2 is 1.43 bits per heavy atom. The second-order valence-electron chi connectivity index (χ2n) is 7.42. The van der Waals surface area contributed by atoms with Crippen molar-refractivity contribution in [2.24, 2.45) is 0 Å². The molecule has 5 heteroatoms. The molecule has 1 amide bonds. The molecule has 1 heterocycles. The van der Waals surface area contributed by atoms with Crippen molar-refractivity contribution in [1.29, 1.82) is 0 Å². The highest BCUT2D eigenvalue weighted by molar-refractivity contribution is 6.18. The van der Waals surface area contributed by atoms with Gasteiger partial charge in [0.2, 0.25) is 0 Å². The summed E-state index contributed by atoms with van der Waals surface area (Å²) in [6, 6.07) is 26.1. The average molecular weight is 439 g/mol. The molecule has 0 spiro atoms. The maximum atomic E-state index is 13.8. The fourth-order valence-electron chi connectivity index (χ4n) is 4.45. The van der Waals surface area contributed by atoms with Gasteiger partial charge in [-0.15, -0.1) is 23.2 Å². The number of hydrogen-bond acceptors (Lipinski definition) is 2. The number of nitrogens with zero attached hydrogens (tertiary/aromatic N) is 2. The van der Waals surface area contributed by atoms with E-state index in [1.807, 2.05) is 78.6 Å². The van der Waals surface area contributed by atoms with Gasteiger partial charge in [0.05, 0.1) is 0 Å². The van der Waals surface area contributed by atoms with E-state index >= 15 is 0 Å². The molecular weight excluding hydrogens is 415 g/mol. The zero-order valence-corrected chi connectivity index (χ0v) is 18.4. The van der Waals surface area contributed by atoms with Gasteiger partial charge in [0.15, 0.2) is 5.66 Å². The second-order valence-corrected chi connectivity index (χ2v) is 8.18. The minimum atomic E-state index is -0.825. The molecule has 1 aliphatic rings. The predicted octanol–water partition coefficient (Wildman–Crippen LogP) is 5.64. The first-order valence-corrected chi connectivity index (χ1v) is 11.1. The Balaban J connectivity index is 2.07. The zero-order valence-electron chi connectivity index (χ0n) is 16.9. The molecule has 0 bridgehead atoms. The highest BCUT2D eigenvalue weighted by atomic mass is 35.5. The number of rotatable bonds is 7. The zero-order chi connectivity index (χ0) is 21.1. The van der Waals surface area contributed by atoms with Crippen LogP contribution in [0.2, 0.25) is 0 Å². The van der Waals surface area contributed by atoms with Gasteiger partial charge in [0.1, 0.15) is 0 Å². The molecule has 0 saturated heterocycles. The molecular formula is C25H24Cl2N2O. The Kier molecular flexibility index (Phi) is 6.14. The lowest BCUT2D eigenvalue weighted by Crippen LogP contribution is -2.58. The number of alkyl halides is 2. The van der Waals surface area contributed by atoms with Gasteiger partial charge in [-0.2, -0.15) is 0 Å². The van der Waals surface area contributed by atoms with E-state index in [1.165, 1.54) is 0 Å². The Labute approximate surface area is 187 Å². The van der Waals surface area contributed by atoms with Gasteiger partial charge < -0.3 is 0 Å². The first-order valence-electron chi connectivity index (χ1n) is 10.1. The largest absolute Gasteiger partial charge is 0.281 e. The number of carbonyl (C=O) groups excluding carboxylic acids is 1. The molecule has 30 heavy (non-hydrogen) atoms. The molecule has 154 valence electrons. The standard InChI is InChI=1S/C25H24Cl2N2O/c1-19-11-13-21(14-12-19)29-24(30)22-9-5-6-10-23(22)25(29,20-7-3-2-4-8-20)28(17-15-26)18-16-27/h2-14H,15-18H2,1H3. The lowest BCUT2D eigenvalue weighted by molar-refractivity contribution is 0.0892. The molecule has 0 radical (unpaired) electrons. The Morgan fingerprint density at radius 1 is 0.833 bits per heavy atom. The van der Waals surface area contributed by atoms with Crippen molar-refractivity contribution in [1.82, 2.24) is 4.90 Å². The van der Waals surface area contributed by atoms with Crippen LogP contribution in [0.15, 0.2) is 78.9 Å². The number of hydrogen-bond donors (Lipinski definition) is 0. The monoisotopic (exact) mass is 438 g/mol. The highest BCUT2D eigenvalue weighted by Crippen LogP contribution is 2.48. The summed E-state index contributed by atoms with van der Waals surface area (Å²) in [5, 5.41) is 0. The summed E-state index contributed by atoms with van der Waals surface area (Å²) in [5.41, 5.74) is 3.84. The maximum Gasteiger partial charge on any atom is 0.260 e. The predicted molar refractivity (Wildman–Crippen MR) is 125 cm³/mol. The van der Waals surface area contributed by atoms with Crippen LogP contribution in [-0.4, -0.2) is 35.7 Å². The number of anilines is 1. The van der Waals surface area contributed by atoms with Gasteiger partial charge in [-0.1, -0.05) is 66.2 Å². The van der Waals surface area contributed by atoms with E-state index < -0.39 is 5.66 Å². The van der Waals surface area contributed by atoms with Crippen LogP contribution < -0.4 is 4.90 Å². The normalized spacial score (nSPS) is 18.1. The maximum absolute atomic E-state index is 13.8. The van der Waals surface area contributed by atoms with Crippen LogP contribution in [0.4, 0.5) is 5.69 Å². The number of carbonyl (C=O) groups is 1. The molecule has 0 aromatic heterocycles. The Bertz CT molecular complexity index is 1020. The van der Waals surface area contributed by atoms with Crippen LogP contribution in [0.3, 0.4) is 0 Å². The van der Waals surface area contributed by atoms with Gasteiger partial charge in [-0.25, -0.2) is 0 Å². The van der Waals surface area contributed by atoms with Crippen LogP contribution in [0.25, 0.3) is 0 Å². The smallest absolute Gasteiger partial charge is 0.260 e. The summed E-state index contributed by atoms with van der Waals surface area (Å²) in [6.07, 6.45) is 0. The van der Waals surface area contributed by atoms with E-state index in [1.54, 1.807) is 0 Å². The van der Waals surface area contributed by atoms with Crippen LogP contribution in [0.5, 0.6) is 0 Å². The SMILES string of the molecule is Cc1ccc(N2C(=O)c3ccccc3C2(c2ccccc2)N(CCCl)CCCl)cc1. The van der Waals surface area contributed by atoms with Crippen molar-refractivity contribution in [3.63, 3.8) is 0 Å². The number of halogens is 2. The van der Waals surface area contributed by atoms with Crippen molar-refractivity contribution in [3.8, 4) is 0 Å². The third-order valence-corrected chi connectivity index (χ3v) is 6.03. The van der Waals surface area contributed by atoms with E-state index in [9.17, 15) is 4.79 Å². The lowest BCUT2D eigenvalue weighted by Gasteiger charge is -2.47. The molecule has 0 fully saturated rings. The Hall–Kier alpha value is -2.33. The summed E-state index contributed by atoms with van der Waals surface area (Å²) in [7, 11) is 0. The molecule has 3 aromatic rings. The summed E-state index contributed by atoms with van der Waals surface area (Å²) >= 11 is 12.5. The average Bonchev–Trinajstić information content (AvgIpc) is 3.04. The number of benzene rings is 3. The molecule has 1 unspecified atom stereocenters. The van der Waals surface area contributed by atoms with Crippen LogP contribution in [0.1, 0.15) is 27.0 Å². The van der Waals surface area contributed by atoms with Gasteiger partial charge in [-0.05, 0) is 30.7 Å². The summed E-state index contributed by atoms with van der Waals surface area (Å²) in [4.78, 5) is 18.0. The third kappa shape index (κ3) is 3.31. The summed E-state index contributed by atoms with van der Waals surface area (Å²) in [6.45, 7) is 3.22. The second kappa shape index (κ2) is 8.81. The van der Waals surface area contributed by atoms with Crippen molar-refractivity contribution in [2.45, 2.75) is 12.6 Å². The third-order valence-electron chi connectivity index (χ3n) is 5.69. The molecule has 0 aliphatic carbocycles.